The van der Waals surface area contributed by atoms with Crippen molar-refractivity contribution in [2.45, 2.75) is 38.0 Å². The van der Waals surface area contributed by atoms with Crippen molar-refractivity contribution >= 4 is 34.4 Å². The lowest BCUT2D eigenvalue weighted by Crippen LogP contribution is -2.28. The number of nitrogens with one attached hydrogen (secondary N) is 2. The van der Waals surface area contributed by atoms with Crippen LogP contribution in [0.15, 0.2) is 35.3 Å². The van der Waals surface area contributed by atoms with Gasteiger partial charge in [0.05, 0.1) is 5.54 Å². The van der Waals surface area contributed by atoms with Crippen LogP contribution in [-0.4, -0.2) is 27.8 Å². The van der Waals surface area contributed by atoms with E-state index in [2.05, 4.69) is 15.6 Å². The summed E-state index contributed by atoms with van der Waals surface area (Å²) >= 11 is 1.31. The van der Waals surface area contributed by atoms with Crippen LogP contribution in [0.5, 0.6) is 0 Å². The molecule has 112 valence electrons. The Bertz CT molecular complexity index is 564. The molecule has 1 aliphatic rings. The molecule has 1 fully saturated rings. The van der Waals surface area contributed by atoms with Gasteiger partial charge in [-0.25, -0.2) is 0 Å². The van der Waals surface area contributed by atoms with Crippen LogP contribution in [0.1, 0.15) is 27.2 Å². The molecule has 1 aliphatic heterocycles. The number of amides is 2. The van der Waals surface area contributed by atoms with Gasteiger partial charge < -0.3 is 10.6 Å². The third kappa shape index (κ3) is 4.90. The summed E-state index contributed by atoms with van der Waals surface area (Å²) < 4.78 is 0. The molecule has 0 bridgehead atoms. The molecule has 0 unspecified atom stereocenters. The van der Waals surface area contributed by atoms with Gasteiger partial charge in [-0.3, -0.25) is 14.6 Å². The first-order chi connectivity index (χ1) is 9.83. The molecule has 1 saturated heterocycles. The molecule has 6 heteroatoms. The van der Waals surface area contributed by atoms with Gasteiger partial charge in [0.2, 0.25) is 11.8 Å². The van der Waals surface area contributed by atoms with Crippen molar-refractivity contribution in [3.8, 4) is 0 Å². The summed E-state index contributed by atoms with van der Waals surface area (Å²) in [5.74, 6) is -0.336. The van der Waals surface area contributed by atoms with Gasteiger partial charge in [0.15, 0.2) is 5.17 Å². The zero-order chi connectivity index (χ0) is 15.5. The molecule has 21 heavy (non-hydrogen) atoms. The SMILES string of the molecule is CC(C)(C)N=C1NC(=O)[C@H](CC(=O)Nc2ccccc2)S1. The van der Waals surface area contributed by atoms with Crippen molar-refractivity contribution in [2.24, 2.45) is 4.99 Å². The van der Waals surface area contributed by atoms with E-state index in [4.69, 9.17) is 0 Å². The number of carbonyl (C=O) groups is 2. The Morgan fingerprint density at radius 2 is 2.00 bits per heavy atom. The zero-order valence-corrected chi connectivity index (χ0v) is 13.2. The van der Waals surface area contributed by atoms with Crippen LogP contribution in [0.3, 0.4) is 0 Å². The van der Waals surface area contributed by atoms with E-state index in [0.717, 1.165) is 5.69 Å². The maximum absolute atomic E-state index is 12.0. The number of nitrogens with zero attached hydrogens (tertiary/aromatic N) is 1. The van der Waals surface area contributed by atoms with Crippen molar-refractivity contribution in [2.75, 3.05) is 5.32 Å². The van der Waals surface area contributed by atoms with Crippen molar-refractivity contribution in [1.82, 2.24) is 5.32 Å². The highest BCUT2D eigenvalue weighted by atomic mass is 32.2. The van der Waals surface area contributed by atoms with Gasteiger partial charge in [-0.05, 0) is 32.9 Å². The molecule has 0 saturated carbocycles. The van der Waals surface area contributed by atoms with E-state index in [-0.39, 0.29) is 23.8 Å². The predicted molar refractivity (Wildman–Crippen MR) is 86.4 cm³/mol. The summed E-state index contributed by atoms with van der Waals surface area (Å²) in [5.41, 5.74) is 0.478. The van der Waals surface area contributed by atoms with Gasteiger partial charge in [0.25, 0.3) is 0 Å². The first-order valence-corrected chi connectivity index (χ1v) is 7.64. The molecule has 2 N–H and O–H groups in total. The van der Waals surface area contributed by atoms with Crippen LogP contribution in [0.2, 0.25) is 0 Å². The van der Waals surface area contributed by atoms with Crippen molar-refractivity contribution in [3.63, 3.8) is 0 Å². The quantitative estimate of drug-likeness (QED) is 0.901. The molecule has 2 amide bonds. The highest BCUT2D eigenvalue weighted by Crippen LogP contribution is 2.24. The Morgan fingerprint density at radius 1 is 1.33 bits per heavy atom. The van der Waals surface area contributed by atoms with Gasteiger partial charge in [-0.2, -0.15) is 0 Å². The number of anilines is 1. The number of para-hydroxylation sites is 1. The minimum atomic E-state index is -0.421. The summed E-state index contributed by atoms with van der Waals surface area (Å²) in [7, 11) is 0. The molecular weight excluding hydrogens is 286 g/mol. The number of benzene rings is 1. The number of rotatable bonds is 3. The van der Waals surface area contributed by atoms with Crippen LogP contribution in [0.4, 0.5) is 5.69 Å². The molecule has 1 aromatic rings. The Morgan fingerprint density at radius 3 is 2.62 bits per heavy atom. The summed E-state index contributed by atoms with van der Waals surface area (Å²) in [5, 5.41) is 5.67. The van der Waals surface area contributed by atoms with Gasteiger partial charge in [0, 0.05) is 12.1 Å². The average molecular weight is 305 g/mol. The average Bonchev–Trinajstić information content (AvgIpc) is 2.68. The third-order valence-corrected chi connectivity index (χ3v) is 3.72. The fourth-order valence-corrected chi connectivity index (χ4v) is 2.96. The molecule has 1 atom stereocenters. The van der Waals surface area contributed by atoms with E-state index in [9.17, 15) is 9.59 Å². The van der Waals surface area contributed by atoms with Crippen molar-refractivity contribution in [1.29, 1.82) is 0 Å². The fourth-order valence-electron chi connectivity index (χ4n) is 1.80. The summed E-state index contributed by atoms with van der Waals surface area (Å²) in [6.07, 6.45) is 0.133. The number of aliphatic imine (C=N–C) groups is 1. The fraction of sp³-hybridized carbons (Fsp3) is 0.400. The van der Waals surface area contributed by atoms with Gasteiger partial charge >= 0.3 is 0 Å². The van der Waals surface area contributed by atoms with Crippen LogP contribution in [0, 0.1) is 0 Å². The lowest BCUT2D eigenvalue weighted by atomic mass is 10.1. The molecule has 0 aliphatic carbocycles. The molecule has 1 aromatic carbocycles. The number of carbonyl (C=O) groups excluding carboxylic acids is 2. The van der Waals surface area contributed by atoms with Crippen molar-refractivity contribution < 1.29 is 9.59 Å². The van der Waals surface area contributed by atoms with E-state index < -0.39 is 5.25 Å². The Hall–Kier alpha value is -1.82. The first kappa shape index (κ1) is 15.6. The smallest absolute Gasteiger partial charge is 0.240 e. The topological polar surface area (TPSA) is 70.6 Å². The largest absolute Gasteiger partial charge is 0.326 e. The minimum Gasteiger partial charge on any atom is -0.326 e. The Balaban J connectivity index is 1.93. The van der Waals surface area contributed by atoms with Crippen molar-refractivity contribution in [3.05, 3.63) is 30.3 Å². The van der Waals surface area contributed by atoms with E-state index in [1.165, 1.54) is 11.8 Å². The molecule has 0 aromatic heterocycles. The second kappa shape index (κ2) is 6.30. The van der Waals surface area contributed by atoms with E-state index in [0.29, 0.717) is 5.17 Å². The van der Waals surface area contributed by atoms with Crippen LogP contribution in [-0.2, 0) is 9.59 Å². The molecule has 5 nitrogen and oxygen atoms in total. The number of amidine groups is 1. The number of thioether (sulfide) groups is 1. The zero-order valence-electron chi connectivity index (χ0n) is 12.3. The Kier molecular flexibility index (Phi) is 4.67. The number of hydrogen-bond donors (Lipinski definition) is 2. The molecule has 1 heterocycles. The maximum atomic E-state index is 12.0. The highest BCUT2D eigenvalue weighted by Gasteiger charge is 2.32. The monoisotopic (exact) mass is 305 g/mol. The standard InChI is InChI=1S/C15H19N3O2S/c1-15(2,3)18-14-17-13(20)11(21-14)9-12(19)16-10-7-5-4-6-8-10/h4-8,11H,9H2,1-3H3,(H,16,19)(H,17,18,20)/t11-/m0/s1. The van der Waals surface area contributed by atoms with E-state index in [1.807, 2.05) is 51.1 Å². The molecule has 0 radical (unpaired) electrons. The third-order valence-electron chi connectivity index (χ3n) is 2.64. The van der Waals surface area contributed by atoms with Crippen LogP contribution < -0.4 is 10.6 Å². The minimum absolute atomic E-state index is 0.133. The highest BCUT2D eigenvalue weighted by molar-refractivity contribution is 8.15. The normalized spacial score (nSPS) is 20.4. The predicted octanol–water partition coefficient (Wildman–Crippen LogP) is 2.40. The second-order valence-corrected chi connectivity index (χ2v) is 6.99. The summed E-state index contributed by atoms with van der Waals surface area (Å²) in [4.78, 5) is 28.2. The second-order valence-electron chi connectivity index (χ2n) is 5.80. The van der Waals surface area contributed by atoms with Gasteiger partial charge in [-0.1, -0.05) is 30.0 Å². The molecule has 2 rings (SSSR count). The first-order valence-electron chi connectivity index (χ1n) is 6.76. The van der Waals surface area contributed by atoms with Crippen LogP contribution >= 0.6 is 11.8 Å². The molecule has 0 spiro atoms. The maximum Gasteiger partial charge on any atom is 0.240 e. The lowest BCUT2D eigenvalue weighted by Gasteiger charge is -2.12. The van der Waals surface area contributed by atoms with Crippen LogP contribution in [0.25, 0.3) is 0 Å². The number of hydrogen-bond acceptors (Lipinski definition) is 4. The summed E-state index contributed by atoms with van der Waals surface area (Å²) in [6.45, 7) is 5.88. The lowest BCUT2D eigenvalue weighted by molar-refractivity contribution is -0.122. The van der Waals surface area contributed by atoms with E-state index >= 15 is 0 Å². The molecular formula is C15H19N3O2S. The Labute approximate surface area is 128 Å². The van der Waals surface area contributed by atoms with Gasteiger partial charge in [-0.15, -0.1) is 0 Å². The van der Waals surface area contributed by atoms with E-state index in [1.54, 1.807) is 0 Å². The summed E-state index contributed by atoms with van der Waals surface area (Å²) in [6, 6.07) is 9.20. The van der Waals surface area contributed by atoms with Gasteiger partial charge in [0.1, 0.15) is 5.25 Å².